The summed E-state index contributed by atoms with van der Waals surface area (Å²) in [5, 5.41) is 8.82. The van der Waals surface area contributed by atoms with Crippen molar-refractivity contribution in [2.45, 2.75) is 38.1 Å². The van der Waals surface area contributed by atoms with Crippen molar-refractivity contribution in [3.8, 4) is 0 Å². The zero-order valence-corrected chi connectivity index (χ0v) is 11.4. The van der Waals surface area contributed by atoms with Crippen molar-refractivity contribution < 1.29 is 9.90 Å². The van der Waals surface area contributed by atoms with E-state index in [1.165, 1.54) is 0 Å². The maximum atomic E-state index is 12.4. The molecule has 0 radical (unpaired) electrons. The molecule has 6 heteroatoms. The van der Waals surface area contributed by atoms with E-state index in [9.17, 15) is 9.59 Å². The molecule has 108 valence electrons. The van der Waals surface area contributed by atoms with Gasteiger partial charge in [0.2, 0.25) is 0 Å². The van der Waals surface area contributed by atoms with Gasteiger partial charge in [-0.25, -0.2) is 4.98 Å². The average molecular weight is 277 g/mol. The minimum atomic E-state index is -0.739. The number of hydrogen-bond acceptors (Lipinski definition) is 4. The molecule has 6 nitrogen and oxygen atoms in total. The third-order valence-corrected chi connectivity index (χ3v) is 4.17. The van der Waals surface area contributed by atoms with Crippen LogP contribution in [0, 0.1) is 5.92 Å². The fourth-order valence-corrected chi connectivity index (χ4v) is 2.87. The number of nitrogens with zero attached hydrogens (tertiary/aromatic N) is 3. The van der Waals surface area contributed by atoms with E-state index in [4.69, 9.17) is 5.11 Å². The Labute approximate surface area is 117 Å². The van der Waals surface area contributed by atoms with Crippen LogP contribution in [0.25, 0.3) is 0 Å². The minimum Gasteiger partial charge on any atom is -0.481 e. The van der Waals surface area contributed by atoms with Gasteiger partial charge in [-0.15, -0.1) is 0 Å². The molecule has 2 heterocycles. The Morgan fingerprint density at radius 3 is 2.60 bits per heavy atom. The largest absolute Gasteiger partial charge is 0.481 e. The number of rotatable bonds is 4. The first-order chi connectivity index (χ1) is 9.65. The van der Waals surface area contributed by atoms with E-state index in [2.05, 4.69) is 4.98 Å². The van der Waals surface area contributed by atoms with Crippen LogP contribution in [-0.2, 0) is 4.79 Å². The number of carboxylic acid groups (broad SMARTS) is 1. The molecule has 20 heavy (non-hydrogen) atoms. The quantitative estimate of drug-likeness (QED) is 0.897. The maximum absolute atomic E-state index is 12.4. The fourth-order valence-electron chi connectivity index (χ4n) is 2.87. The van der Waals surface area contributed by atoms with Crippen LogP contribution in [-0.4, -0.2) is 33.7 Å². The van der Waals surface area contributed by atoms with Gasteiger partial charge in [-0.05, 0) is 31.6 Å². The monoisotopic (exact) mass is 277 g/mol. The van der Waals surface area contributed by atoms with Crippen LogP contribution in [0.3, 0.4) is 0 Å². The first-order valence-corrected chi connectivity index (χ1v) is 7.19. The number of aromatic nitrogens is 2. The Morgan fingerprint density at radius 2 is 2.00 bits per heavy atom. The summed E-state index contributed by atoms with van der Waals surface area (Å²) in [6.45, 7) is 1.43. The van der Waals surface area contributed by atoms with Crippen molar-refractivity contribution in [3.63, 3.8) is 0 Å². The van der Waals surface area contributed by atoms with E-state index in [1.807, 2.05) is 4.90 Å². The van der Waals surface area contributed by atoms with Gasteiger partial charge in [-0.2, -0.15) is 0 Å². The van der Waals surface area contributed by atoms with Crippen LogP contribution >= 0.6 is 0 Å². The van der Waals surface area contributed by atoms with Crippen molar-refractivity contribution in [2.24, 2.45) is 5.92 Å². The molecule has 0 spiro atoms. The number of hydrogen-bond donors (Lipinski definition) is 1. The molecular formula is C14H19N3O3. The lowest BCUT2D eigenvalue weighted by atomic mass is 9.94. The summed E-state index contributed by atoms with van der Waals surface area (Å²) in [6.07, 6.45) is 7.45. The first kappa shape index (κ1) is 13.1. The summed E-state index contributed by atoms with van der Waals surface area (Å²) in [7, 11) is 0. The third-order valence-electron chi connectivity index (χ3n) is 4.17. The highest BCUT2D eigenvalue weighted by Crippen LogP contribution is 2.33. The summed E-state index contributed by atoms with van der Waals surface area (Å²) in [5.41, 5.74) is -0.00770. The predicted molar refractivity (Wildman–Crippen MR) is 74.0 cm³/mol. The van der Waals surface area contributed by atoms with Crippen LogP contribution in [0.15, 0.2) is 17.2 Å². The molecule has 0 atom stereocenters. The van der Waals surface area contributed by atoms with Crippen molar-refractivity contribution >= 4 is 11.8 Å². The minimum absolute atomic E-state index is 0.00770. The Morgan fingerprint density at radius 1 is 1.30 bits per heavy atom. The summed E-state index contributed by atoms with van der Waals surface area (Å²) in [5.74, 6) is 0.00340. The van der Waals surface area contributed by atoms with Gasteiger partial charge < -0.3 is 14.6 Å². The van der Waals surface area contributed by atoms with Gasteiger partial charge in [-0.1, -0.05) is 0 Å². The van der Waals surface area contributed by atoms with Crippen LogP contribution in [0.5, 0.6) is 0 Å². The second-order valence-electron chi connectivity index (χ2n) is 5.72. The van der Waals surface area contributed by atoms with Gasteiger partial charge in [0.15, 0.2) is 5.82 Å². The topological polar surface area (TPSA) is 75.4 Å². The molecule has 2 aliphatic rings. The van der Waals surface area contributed by atoms with Gasteiger partial charge in [0.05, 0.1) is 0 Å². The SMILES string of the molecule is O=C(O)CC1CCN(c2nccn(C3CC3)c2=O)CC1. The number of anilines is 1. The Hall–Kier alpha value is -1.85. The molecule has 3 rings (SSSR count). The van der Waals surface area contributed by atoms with E-state index in [0.29, 0.717) is 11.9 Å². The van der Waals surface area contributed by atoms with Crippen molar-refractivity contribution in [1.82, 2.24) is 9.55 Å². The number of piperidine rings is 1. The molecule has 2 fully saturated rings. The summed E-state index contributed by atoms with van der Waals surface area (Å²) in [6, 6.07) is 0.355. The lowest BCUT2D eigenvalue weighted by Crippen LogP contribution is -2.39. The molecule has 0 amide bonds. The molecule has 1 aromatic rings. The number of carbonyl (C=O) groups is 1. The molecule has 1 saturated heterocycles. The Kier molecular flexibility index (Phi) is 3.46. The average Bonchev–Trinajstić information content (AvgIpc) is 3.24. The second-order valence-corrected chi connectivity index (χ2v) is 5.72. The van der Waals surface area contributed by atoms with Crippen LogP contribution in [0.4, 0.5) is 5.82 Å². The van der Waals surface area contributed by atoms with Crippen LogP contribution in [0.1, 0.15) is 38.1 Å². The van der Waals surface area contributed by atoms with E-state index in [-0.39, 0.29) is 17.9 Å². The highest BCUT2D eigenvalue weighted by molar-refractivity contribution is 5.67. The van der Waals surface area contributed by atoms with Gasteiger partial charge in [0.1, 0.15) is 0 Å². The highest BCUT2D eigenvalue weighted by atomic mass is 16.4. The van der Waals surface area contributed by atoms with E-state index in [1.54, 1.807) is 17.0 Å². The van der Waals surface area contributed by atoms with E-state index in [0.717, 1.165) is 38.8 Å². The molecule has 1 aliphatic heterocycles. The standard InChI is InChI=1S/C14H19N3O3/c18-12(19)9-10-3-6-16(7-4-10)13-14(20)17(8-5-15-13)11-1-2-11/h5,8,10-11H,1-4,6-7,9H2,(H,18,19). The highest BCUT2D eigenvalue weighted by Gasteiger charge is 2.28. The van der Waals surface area contributed by atoms with E-state index < -0.39 is 5.97 Å². The maximum Gasteiger partial charge on any atom is 0.303 e. The van der Waals surface area contributed by atoms with Crippen molar-refractivity contribution in [3.05, 3.63) is 22.7 Å². The second kappa shape index (κ2) is 5.26. The molecule has 1 aromatic heterocycles. The molecular weight excluding hydrogens is 258 g/mol. The normalized spacial score (nSPS) is 20.1. The zero-order chi connectivity index (χ0) is 14.1. The molecule has 1 N–H and O–H groups in total. The summed E-state index contributed by atoms with van der Waals surface area (Å²) >= 11 is 0. The van der Waals surface area contributed by atoms with Gasteiger partial charge in [0.25, 0.3) is 5.56 Å². The molecule has 0 unspecified atom stereocenters. The summed E-state index contributed by atoms with van der Waals surface area (Å²) < 4.78 is 1.78. The number of carboxylic acids is 1. The summed E-state index contributed by atoms with van der Waals surface area (Å²) in [4.78, 5) is 29.3. The van der Waals surface area contributed by atoms with Crippen molar-refractivity contribution in [1.29, 1.82) is 0 Å². The van der Waals surface area contributed by atoms with Gasteiger partial charge in [-0.3, -0.25) is 9.59 Å². The Balaban J connectivity index is 1.70. The van der Waals surface area contributed by atoms with Gasteiger partial charge in [0, 0.05) is 37.9 Å². The third kappa shape index (κ3) is 2.69. The molecule has 1 aliphatic carbocycles. The van der Waals surface area contributed by atoms with E-state index >= 15 is 0 Å². The van der Waals surface area contributed by atoms with Crippen LogP contribution < -0.4 is 10.5 Å². The first-order valence-electron chi connectivity index (χ1n) is 7.19. The Bertz CT molecular complexity index is 557. The zero-order valence-electron chi connectivity index (χ0n) is 11.4. The predicted octanol–water partition coefficient (Wildman–Crippen LogP) is 1.27. The number of aliphatic carboxylic acids is 1. The van der Waals surface area contributed by atoms with Crippen LogP contribution in [0.2, 0.25) is 0 Å². The lowest BCUT2D eigenvalue weighted by Gasteiger charge is -2.31. The molecule has 0 bridgehead atoms. The van der Waals surface area contributed by atoms with Gasteiger partial charge >= 0.3 is 5.97 Å². The lowest BCUT2D eigenvalue weighted by molar-refractivity contribution is -0.138. The fraction of sp³-hybridized carbons (Fsp3) is 0.643. The molecule has 0 aromatic carbocycles. The molecule has 1 saturated carbocycles. The smallest absolute Gasteiger partial charge is 0.303 e. The van der Waals surface area contributed by atoms with Crippen molar-refractivity contribution in [2.75, 3.05) is 18.0 Å².